The zero-order valence-electron chi connectivity index (χ0n) is 13.3. The number of benzene rings is 2. The van der Waals surface area contributed by atoms with Gasteiger partial charge in [0.25, 0.3) is 0 Å². The molecule has 1 heterocycles. The zero-order chi connectivity index (χ0) is 15.0. The maximum atomic E-state index is 2.32. The molecule has 21 heavy (non-hydrogen) atoms. The van der Waals surface area contributed by atoms with E-state index in [9.17, 15) is 0 Å². The molecule has 3 rings (SSSR count). The van der Waals surface area contributed by atoms with Crippen LogP contribution in [0.25, 0.3) is 22.2 Å². The topological polar surface area (TPSA) is 3.88 Å². The van der Waals surface area contributed by atoms with Crippen LogP contribution in [0.4, 0.5) is 0 Å². The highest BCUT2D eigenvalue weighted by atomic mass is 14.9. The molecule has 1 heteroatoms. The lowest BCUT2D eigenvalue weighted by Gasteiger charge is -2.08. The first-order valence-corrected chi connectivity index (χ1v) is 7.59. The van der Waals surface area contributed by atoms with Gasteiger partial charge in [0.15, 0.2) is 0 Å². The van der Waals surface area contributed by atoms with Crippen molar-refractivity contribution in [3.63, 3.8) is 0 Å². The molecule has 0 N–H and O–H groups in total. The van der Waals surface area contributed by atoms with Crippen LogP contribution in [0.15, 0.2) is 48.5 Å². The molecule has 2 aromatic carbocycles. The minimum Gasteiger partial charge on any atom is -0.194 e. The van der Waals surface area contributed by atoms with E-state index in [4.69, 9.17) is 0 Å². The SMILES string of the molecule is CCc1ccc2ccc(-c3cc(C)ccc3C)[n+](C)c2c1. The predicted octanol–water partition coefficient (Wildman–Crippen LogP) is 4.51. The van der Waals surface area contributed by atoms with Gasteiger partial charge in [-0.3, -0.25) is 0 Å². The fourth-order valence-corrected chi connectivity index (χ4v) is 2.93. The number of hydrogen-bond acceptors (Lipinski definition) is 0. The second-order valence-corrected chi connectivity index (χ2v) is 5.84. The molecule has 0 saturated heterocycles. The van der Waals surface area contributed by atoms with E-state index in [0.717, 1.165) is 6.42 Å². The summed E-state index contributed by atoms with van der Waals surface area (Å²) in [5.41, 5.74) is 7.91. The van der Waals surface area contributed by atoms with Gasteiger partial charge >= 0.3 is 0 Å². The van der Waals surface area contributed by atoms with Crippen LogP contribution >= 0.6 is 0 Å². The Hall–Kier alpha value is -2.15. The standard InChI is InChI=1S/C20H22N/c1-5-16-8-9-17-10-11-19(21(4)20(17)13-16)18-12-14(2)6-7-15(18)3/h6-13H,5H2,1-4H3/q+1. The van der Waals surface area contributed by atoms with E-state index in [2.05, 4.69) is 80.9 Å². The highest BCUT2D eigenvalue weighted by Crippen LogP contribution is 2.24. The summed E-state index contributed by atoms with van der Waals surface area (Å²) in [4.78, 5) is 0. The molecule has 1 nitrogen and oxygen atoms in total. The van der Waals surface area contributed by atoms with Crippen LogP contribution in [0.3, 0.4) is 0 Å². The molecule has 106 valence electrons. The lowest BCUT2D eigenvalue weighted by molar-refractivity contribution is -0.633. The van der Waals surface area contributed by atoms with E-state index in [1.807, 2.05) is 0 Å². The fourth-order valence-electron chi connectivity index (χ4n) is 2.93. The summed E-state index contributed by atoms with van der Waals surface area (Å²) in [6.45, 7) is 6.54. The van der Waals surface area contributed by atoms with Crippen molar-refractivity contribution in [3.05, 3.63) is 65.2 Å². The summed E-state index contributed by atoms with van der Waals surface area (Å²) in [6, 6.07) is 17.9. The molecule has 0 saturated carbocycles. The van der Waals surface area contributed by atoms with E-state index in [1.54, 1.807) is 0 Å². The molecule has 0 aliphatic rings. The van der Waals surface area contributed by atoms with Crippen molar-refractivity contribution in [2.45, 2.75) is 27.2 Å². The number of aromatic nitrogens is 1. The Morgan fingerprint density at radius 2 is 1.67 bits per heavy atom. The fraction of sp³-hybridized carbons (Fsp3) is 0.250. The van der Waals surface area contributed by atoms with Crippen molar-refractivity contribution in [2.75, 3.05) is 0 Å². The molecule has 0 aliphatic heterocycles. The van der Waals surface area contributed by atoms with Gasteiger partial charge in [-0.15, -0.1) is 0 Å². The van der Waals surface area contributed by atoms with Gasteiger partial charge in [-0.2, -0.15) is 4.57 Å². The Kier molecular flexibility index (Phi) is 3.50. The van der Waals surface area contributed by atoms with Gasteiger partial charge in [-0.25, -0.2) is 0 Å². The Morgan fingerprint density at radius 1 is 0.905 bits per heavy atom. The summed E-state index contributed by atoms with van der Waals surface area (Å²) in [5, 5.41) is 1.30. The Labute approximate surface area is 126 Å². The van der Waals surface area contributed by atoms with Crippen LogP contribution in [-0.2, 0) is 13.5 Å². The average molecular weight is 276 g/mol. The minimum absolute atomic E-state index is 1.07. The molecule has 0 aliphatic carbocycles. The molecule has 0 bridgehead atoms. The Bertz CT molecular complexity index is 815. The molecular weight excluding hydrogens is 254 g/mol. The number of fused-ring (bicyclic) bond motifs is 1. The molecule has 0 spiro atoms. The zero-order valence-corrected chi connectivity index (χ0v) is 13.3. The molecule has 0 atom stereocenters. The number of pyridine rings is 1. The van der Waals surface area contributed by atoms with Crippen LogP contribution < -0.4 is 4.57 Å². The van der Waals surface area contributed by atoms with Crippen LogP contribution in [0, 0.1) is 13.8 Å². The van der Waals surface area contributed by atoms with Gasteiger partial charge < -0.3 is 0 Å². The van der Waals surface area contributed by atoms with Crippen molar-refractivity contribution < 1.29 is 4.57 Å². The largest absolute Gasteiger partial charge is 0.213 e. The normalized spacial score (nSPS) is 11.0. The molecule has 1 aromatic heterocycles. The maximum absolute atomic E-state index is 2.32. The first kappa shape index (κ1) is 13.8. The first-order valence-electron chi connectivity index (χ1n) is 7.59. The second kappa shape index (κ2) is 5.33. The van der Waals surface area contributed by atoms with Gasteiger partial charge in [-0.1, -0.05) is 30.7 Å². The Balaban J connectivity index is 2.28. The quantitative estimate of drug-likeness (QED) is 0.606. The number of aryl methyl sites for hydroxylation is 4. The third kappa shape index (κ3) is 2.44. The Morgan fingerprint density at radius 3 is 2.43 bits per heavy atom. The van der Waals surface area contributed by atoms with Gasteiger partial charge in [0.05, 0.1) is 0 Å². The molecule has 0 radical (unpaired) electrons. The second-order valence-electron chi connectivity index (χ2n) is 5.84. The van der Waals surface area contributed by atoms with Crippen molar-refractivity contribution >= 4 is 10.9 Å². The van der Waals surface area contributed by atoms with Crippen molar-refractivity contribution in [3.8, 4) is 11.3 Å². The molecule has 0 fully saturated rings. The summed E-state index contributed by atoms with van der Waals surface area (Å²) in [7, 11) is 2.17. The third-order valence-corrected chi connectivity index (χ3v) is 4.32. The average Bonchev–Trinajstić information content (AvgIpc) is 2.50. The van der Waals surface area contributed by atoms with E-state index >= 15 is 0 Å². The monoisotopic (exact) mass is 276 g/mol. The van der Waals surface area contributed by atoms with Gasteiger partial charge in [-0.05, 0) is 49.6 Å². The smallest absolute Gasteiger partial charge is 0.194 e. The van der Waals surface area contributed by atoms with Crippen LogP contribution in [0.1, 0.15) is 23.6 Å². The van der Waals surface area contributed by atoms with Gasteiger partial charge in [0.1, 0.15) is 7.05 Å². The lowest BCUT2D eigenvalue weighted by Crippen LogP contribution is -2.32. The molecular formula is C20H22N+. The van der Waals surface area contributed by atoms with Crippen LogP contribution in [0.5, 0.6) is 0 Å². The number of hydrogen-bond donors (Lipinski definition) is 0. The van der Waals surface area contributed by atoms with Crippen molar-refractivity contribution in [1.29, 1.82) is 0 Å². The maximum Gasteiger partial charge on any atom is 0.213 e. The lowest BCUT2D eigenvalue weighted by atomic mass is 10.0. The van der Waals surface area contributed by atoms with E-state index in [-0.39, 0.29) is 0 Å². The molecule has 0 unspecified atom stereocenters. The van der Waals surface area contributed by atoms with Crippen molar-refractivity contribution in [2.24, 2.45) is 7.05 Å². The van der Waals surface area contributed by atoms with Gasteiger partial charge in [0, 0.05) is 23.1 Å². The number of nitrogens with zero attached hydrogens (tertiary/aromatic N) is 1. The summed E-state index contributed by atoms with van der Waals surface area (Å²) in [5.74, 6) is 0. The van der Waals surface area contributed by atoms with Crippen molar-refractivity contribution in [1.82, 2.24) is 0 Å². The molecule has 3 aromatic rings. The van der Waals surface area contributed by atoms with Gasteiger partial charge in [0.2, 0.25) is 11.2 Å². The van der Waals surface area contributed by atoms with E-state index < -0.39 is 0 Å². The summed E-state index contributed by atoms with van der Waals surface area (Å²) < 4.78 is 2.32. The van der Waals surface area contributed by atoms with E-state index in [1.165, 1.54) is 38.9 Å². The highest BCUT2D eigenvalue weighted by Gasteiger charge is 2.16. The predicted molar refractivity (Wildman–Crippen MR) is 89.4 cm³/mol. The van der Waals surface area contributed by atoms with Crippen LogP contribution in [0.2, 0.25) is 0 Å². The minimum atomic E-state index is 1.07. The van der Waals surface area contributed by atoms with E-state index in [0.29, 0.717) is 0 Å². The molecule has 0 amide bonds. The number of rotatable bonds is 2. The first-order chi connectivity index (χ1) is 10.1. The van der Waals surface area contributed by atoms with Crippen LogP contribution in [-0.4, -0.2) is 0 Å². The third-order valence-electron chi connectivity index (χ3n) is 4.32. The highest BCUT2D eigenvalue weighted by molar-refractivity contribution is 5.78. The summed E-state index contributed by atoms with van der Waals surface area (Å²) >= 11 is 0. The summed E-state index contributed by atoms with van der Waals surface area (Å²) in [6.07, 6.45) is 1.07.